The van der Waals surface area contributed by atoms with Gasteiger partial charge in [-0.2, -0.15) is 0 Å². The standard InChI is InChI=1S/C19H23N3O2S/c1-13-17(25-12-21-13)5-6-18(23)22-8-7-15(11-22)9-14-3-2-4-16(10-14)19(20)24/h2-4,10,12,15H,5-9,11H2,1H3,(H2,20,24). The third-order valence-electron chi connectivity index (χ3n) is 4.79. The van der Waals surface area contributed by atoms with Crippen LogP contribution in [0.1, 0.15) is 39.3 Å². The number of rotatable bonds is 6. The molecule has 2 N–H and O–H groups in total. The van der Waals surface area contributed by atoms with Gasteiger partial charge >= 0.3 is 0 Å². The van der Waals surface area contributed by atoms with E-state index < -0.39 is 5.91 Å². The lowest BCUT2D eigenvalue weighted by Gasteiger charge is -2.16. The fourth-order valence-corrected chi connectivity index (χ4v) is 4.14. The highest BCUT2D eigenvalue weighted by molar-refractivity contribution is 7.09. The van der Waals surface area contributed by atoms with Crippen molar-refractivity contribution in [2.75, 3.05) is 13.1 Å². The topological polar surface area (TPSA) is 76.3 Å². The summed E-state index contributed by atoms with van der Waals surface area (Å²) < 4.78 is 0. The van der Waals surface area contributed by atoms with E-state index in [2.05, 4.69) is 4.98 Å². The Kier molecular flexibility index (Phi) is 5.48. The van der Waals surface area contributed by atoms with Crippen LogP contribution in [0.15, 0.2) is 29.8 Å². The molecule has 3 rings (SSSR count). The summed E-state index contributed by atoms with van der Waals surface area (Å²) in [7, 11) is 0. The highest BCUT2D eigenvalue weighted by Gasteiger charge is 2.26. The van der Waals surface area contributed by atoms with E-state index in [0.29, 0.717) is 17.9 Å². The number of carbonyl (C=O) groups excluding carboxylic acids is 2. The molecule has 132 valence electrons. The molecule has 0 saturated carbocycles. The minimum Gasteiger partial charge on any atom is -0.366 e. The van der Waals surface area contributed by atoms with Gasteiger partial charge in [-0.05, 0) is 49.8 Å². The van der Waals surface area contributed by atoms with Crippen molar-refractivity contribution in [3.63, 3.8) is 0 Å². The third kappa shape index (κ3) is 4.45. The number of nitrogens with zero attached hydrogens (tertiary/aromatic N) is 2. The van der Waals surface area contributed by atoms with Gasteiger partial charge in [0.15, 0.2) is 0 Å². The molecule has 1 fully saturated rings. The van der Waals surface area contributed by atoms with Gasteiger partial charge in [0.1, 0.15) is 0 Å². The number of primary amides is 1. The van der Waals surface area contributed by atoms with Crippen LogP contribution < -0.4 is 5.73 Å². The van der Waals surface area contributed by atoms with Gasteiger partial charge in [0, 0.05) is 30.0 Å². The van der Waals surface area contributed by atoms with Crippen LogP contribution in [-0.2, 0) is 17.6 Å². The number of likely N-dealkylation sites (tertiary alicyclic amines) is 1. The summed E-state index contributed by atoms with van der Waals surface area (Å²) in [6, 6.07) is 7.48. The molecule has 1 atom stereocenters. The molecule has 2 heterocycles. The lowest BCUT2D eigenvalue weighted by Crippen LogP contribution is -2.29. The number of nitrogens with two attached hydrogens (primary N) is 1. The molecule has 1 aliphatic heterocycles. The highest BCUT2D eigenvalue weighted by Crippen LogP contribution is 2.23. The molecule has 0 radical (unpaired) electrons. The molecule has 6 heteroatoms. The average Bonchev–Trinajstić information content (AvgIpc) is 3.22. The first-order valence-corrected chi connectivity index (χ1v) is 9.46. The van der Waals surface area contributed by atoms with Crippen LogP contribution in [0.25, 0.3) is 0 Å². The number of hydrogen-bond donors (Lipinski definition) is 1. The molecule has 1 unspecified atom stereocenters. The number of thiazole rings is 1. The number of amides is 2. The van der Waals surface area contributed by atoms with Crippen LogP contribution in [0.3, 0.4) is 0 Å². The molecule has 2 aromatic rings. The number of benzene rings is 1. The molecule has 1 saturated heterocycles. The van der Waals surface area contributed by atoms with Crippen LogP contribution in [0.4, 0.5) is 0 Å². The summed E-state index contributed by atoms with van der Waals surface area (Å²) in [5.74, 6) is 0.266. The zero-order valence-electron chi connectivity index (χ0n) is 14.4. The first-order chi connectivity index (χ1) is 12.0. The highest BCUT2D eigenvalue weighted by atomic mass is 32.1. The van der Waals surface area contributed by atoms with E-state index in [1.807, 2.05) is 35.5 Å². The van der Waals surface area contributed by atoms with Crippen molar-refractivity contribution in [2.45, 2.75) is 32.6 Å². The Morgan fingerprint density at radius 2 is 2.24 bits per heavy atom. The van der Waals surface area contributed by atoms with Crippen LogP contribution >= 0.6 is 11.3 Å². The van der Waals surface area contributed by atoms with Gasteiger partial charge in [0.2, 0.25) is 11.8 Å². The monoisotopic (exact) mass is 357 g/mol. The third-order valence-corrected chi connectivity index (χ3v) is 5.78. The van der Waals surface area contributed by atoms with Crippen molar-refractivity contribution in [1.82, 2.24) is 9.88 Å². The van der Waals surface area contributed by atoms with E-state index in [9.17, 15) is 9.59 Å². The van der Waals surface area contributed by atoms with E-state index in [0.717, 1.165) is 43.6 Å². The summed E-state index contributed by atoms with van der Waals surface area (Å²) in [5, 5.41) is 0. The molecule has 25 heavy (non-hydrogen) atoms. The van der Waals surface area contributed by atoms with Gasteiger partial charge in [0.25, 0.3) is 0 Å². The molecular weight excluding hydrogens is 334 g/mol. The Balaban J connectivity index is 1.51. The predicted octanol–water partition coefficient (Wildman–Crippen LogP) is 2.57. The number of hydrogen-bond acceptors (Lipinski definition) is 4. The number of aryl methyl sites for hydroxylation is 2. The lowest BCUT2D eigenvalue weighted by atomic mass is 9.97. The van der Waals surface area contributed by atoms with Crippen LogP contribution in [-0.4, -0.2) is 34.8 Å². The lowest BCUT2D eigenvalue weighted by molar-refractivity contribution is -0.130. The van der Waals surface area contributed by atoms with Crippen LogP contribution in [0, 0.1) is 12.8 Å². The van der Waals surface area contributed by atoms with Crippen LogP contribution in [0.2, 0.25) is 0 Å². The number of aromatic nitrogens is 1. The quantitative estimate of drug-likeness (QED) is 0.863. The van der Waals surface area contributed by atoms with Crippen molar-refractivity contribution in [2.24, 2.45) is 11.7 Å². The van der Waals surface area contributed by atoms with Crippen molar-refractivity contribution in [3.05, 3.63) is 51.5 Å². The van der Waals surface area contributed by atoms with Gasteiger partial charge < -0.3 is 10.6 Å². The Labute approximate surface area is 151 Å². The van der Waals surface area contributed by atoms with Crippen molar-refractivity contribution in [3.8, 4) is 0 Å². The molecule has 1 aromatic carbocycles. The second-order valence-electron chi connectivity index (χ2n) is 6.62. The van der Waals surface area contributed by atoms with E-state index in [1.165, 1.54) is 4.88 Å². The van der Waals surface area contributed by atoms with E-state index in [-0.39, 0.29) is 5.91 Å². The smallest absolute Gasteiger partial charge is 0.248 e. The maximum Gasteiger partial charge on any atom is 0.248 e. The first-order valence-electron chi connectivity index (χ1n) is 8.58. The second-order valence-corrected chi connectivity index (χ2v) is 7.56. The van der Waals surface area contributed by atoms with Gasteiger partial charge in [-0.3, -0.25) is 9.59 Å². The molecule has 2 amide bonds. The summed E-state index contributed by atoms with van der Waals surface area (Å²) in [4.78, 5) is 31.1. The zero-order chi connectivity index (χ0) is 17.8. The normalized spacial score (nSPS) is 17.0. The molecular formula is C19H23N3O2S. The zero-order valence-corrected chi connectivity index (χ0v) is 15.2. The van der Waals surface area contributed by atoms with Crippen molar-refractivity contribution < 1.29 is 9.59 Å². The predicted molar refractivity (Wildman–Crippen MR) is 98.5 cm³/mol. The van der Waals surface area contributed by atoms with Gasteiger partial charge in [-0.1, -0.05) is 12.1 Å². The molecule has 0 aliphatic carbocycles. The Morgan fingerprint density at radius 1 is 1.40 bits per heavy atom. The van der Waals surface area contributed by atoms with E-state index in [1.54, 1.807) is 17.4 Å². The Hall–Kier alpha value is -2.21. The van der Waals surface area contributed by atoms with Crippen LogP contribution in [0.5, 0.6) is 0 Å². The second kappa shape index (κ2) is 7.78. The Bertz CT molecular complexity index is 772. The fraction of sp³-hybridized carbons (Fsp3) is 0.421. The minimum absolute atomic E-state index is 0.223. The van der Waals surface area contributed by atoms with Gasteiger partial charge in [-0.25, -0.2) is 4.98 Å². The van der Waals surface area contributed by atoms with E-state index in [4.69, 9.17) is 5.73 Å². The van der Waals surface area contributed by atoms with Gasteiger partial charge in [0.05, 0.1) is 11.2 Å². The maximum atomic E-state index is 12.4. The first kappa shape index (κ1) is 17.6. The largest absolute Gasteiger partial charge is 0.366 e. The van der Waals surface area contributed by atoms with Crippen molar-refractivity contribution in [1.29, 1.82) is 0 Å². The minimum atomic E-state index is -0.400. The van der Waals surface area contributed by atoms with E-state index >= 15 is 0 Å². The summed E-state index contributed by atoms with van der Waals surface area (Å²) >= 11 is 1.62. The summed E-state index contributed by atoms with van der Waals surface area (Å²) in [6.45, 7) is 3.60. The molecule has 1 aromatic heterocycles. The van der Waals surface area contributed by atoms with Gasteiger partial charge in [-0.15, -0.1) is 11.3 Å². The molecule has 1 aliphatic rings. The molecule has 5 nitrogen and oxygen atoms in total. The summed E-state index contributed by atoms with van der Waals surface area (Å²) in [6.07, 6.45) is 3.20. The maximum absolute atomic E-state index is 12.4. The molecule has 0 spiro atoms. The SMILES string of the molecule is Cc1ncsc1CCC(=O)N1CCC(Cc2cccc(C(N)=O)c2)C1. The molecule has 0 bridgehead atoms. The summed E-state index contributed by atoms with van der Waals surface area (Å²) in [5.41, 5.74) is 9.86. The number of carbonyl (C=O) groups is 2. The average molecular weight is 357 g/mol. The van der Waals surface area contributed by atoms with Crippen molar-refractivity contribution >= 4 is 23.2 Å². The fourth-order valence-electron chi connectivity index (χ4n) is 3.36. The Morgan fingerprint density at radius 3 is 2.96 bits per heavy atom.